The highest BCUT2D eigenvalue weighted by atomic mass is 35.5. The Hall–Kier alpha value is -0.940. The number of hydrogen-bond acceptors (Lipinski definition) is 2. The number of phenolic OH excluding ortho intramolecular Hbond substituents is 1. The molecule has 1 aromatic carbocycles. The van der Waals surface area contributed by atoms with Gasteiger partial charge in [-0.25, -0.2) is 0 Å². The van der Waals surface area contributed by atoms with E-state index in [1.165, 1.54) is 0 Å². The first-order chi connectivity index (χ1) is 7.50. The second-order valence-corrected chi connectivity index (χ2v) is 5.04. The van der Waals surface area contributed by atoms with Crippen molar-refractivity contribution >= 4 is 11.6 Å². The summed E-state index contributed by atoms with van der Waals surface area (Å²) in [5, 5.41) is 9.28. The number of nitrogens with two attached hydrogens (primary N) is 1. The van der Waals surface area contributed by atoms with Crippen LogP contribution in [0.25, 0.3) is 0 Å². The molecule has 0 aliphatic rings. The Kier molecular flexibility index (Phi) is 3.64. The van der Waals surface area contributed by atoms with Crippen molar-refractivity contribution in [2.45, 2.75) is 32.0 Å². The van der Waals surface area contributed by atoms with E-state index in [0.29, 0.717) is 6.07 Å². The first-order valence-electron chi connectivity index (χ1n) is 4.88. The summed E-state index contributed by atoms with van der Waals surface area (Å²) >= 11 is 5.56. The van der Waals surface area contributed by atoms with E-state index in [1.54, 1.807) is 13.8 Å². The van der Waals surface area contributed by atoms with Crippen LogP contribution in [-0.4, -0.2) is 10.6 Å². The lowest BCUT2D eigenvalue weighted by molar-refractivity contribution is -0.137. The van der Waals surface area contributed by atoms with Crippen molar-refractivity contribution in [3.8, 4) is 5.75 Å². The van der Waals surface area contributed by atoms with Crippen LogP contribution < -0.4 is 5.73 Å². The van der Waals surface area contributed by atoms with Gasteiger partial charge in [0.25, 0.3) is 0 Å². The quantitative estimate of drug-likeness (QED) is 0.863. The van der Waals surface area contributed by atoms with Gasteiger partial charge in [-0.1, -0.05) is 11.6 Å². The van der Waals surface area contributed by atoms with Crippen LogP contribution in [0.2, 0.25) is 5.02 Å². The zero-order valence-corrected chi connectivity index (χ0v) is 10.2. The molecule has 0 fully saturated rings. The van der Waals surface area contributed by atoms with Crippen LogP contribution in [0.15, 0.2) is 12.1 Å². The van der Waals surface area contributed by atoms with E-state index in [1.807, 2.05) is 0 Å². The third-order valence-electron chi connectivity index (χ3n) is 2.12. The third kappa shape index (κ3) is 3.78. The minimum atomic E-state index is -4.50. The van der Waals surface area contributed by atoms with Crippen molar-refractivity contribution in [1.29, 1.82) is 0 Å². The van der Waals surface area contributed by atoms with Crippen LogP contribution in [0.1, 0.15) is 25.0 Å². The zero-order valence-electron chi connectivity index (χ0n) is 9.40. The van der Waals surface area contributed by atoms with Crippen LogP contribution in [0.5, 0.6) is 5.75 Å². The van der Waals surface area contributed by atoms with Crippen LogP contribution in [0.4, 0.5) is 13.2 Å². The SMILES string of the molecule is CC(C)(N)Cc1cc(C(F)(F)F)cc(Cl)c1O. The van der Waals surface area contributed by atoms with Gasteiger partial charge in [0.2, 0.25) is 0 Å². The van der Waals surface area contributed by atoms with Gasteiger partial charge in [-0.2, -0.15) is 13.2 Å². The van der Waals surface area contributed by atoms with Crippen molar-refractivity contribution in [2.24, 2.45) is 5.73 Å². The van der Waals surface area contributed by atoms with Crippen LogP contribution >= 0.6 is 11.6 Å². The maximum Gasteiger partial charge on any atom is 0.416 e. The molecule has 0 radical (unpaired) electrons. The molecule has 0 heterocycles. The van der Waals surface area contributed by atoms with Crippen molar-refractivity contribution in [1.82, 2.24) is 0 Å². The van der Waals surface area contributed by atoms with Gasteiger partial charge in [-0.15, -0.1) is 0 Å². The van der Waals surface area contributed by atoms with Crippen molar-refractivity contribution in [3.63, 3.8) is 0 Å². The standard InChI is InChI=1S/C11H13ClF3NO/c1-10(2,16)5-6-3-7(11(13,14)15)4-8(12)9(6)17/h3-4,17H,5,16H2,1-2H3. The maximum atomic E-state index is 12.5. The fraction of sp³-hybridized carbons (Fsp3) is 0.455. The average Bonchev–Trinajstić information content (AvgIpc) is 2.08. The molecule has 0 saturated carbocycles. The Balaban J connectivity index is 3.26. The molecule has 0 aliphatic heterocycles. The largest absolute Gasteiger partial charge is 0.506 e. The second-order valence-electron chi connectivity index (χ2n) is 4.63. The van der Waals surface area contributed by atoms with Gasteiger partial charge in [0.1, 0.15) is 5.75 Å². The number of phenols is 1. The van der Waals surface area contributed by atoms with Crippen molar-refractivity contribution < 1.29 is 18.3 Å². The number of aromatic hydroxyl groups is 1. The Morgan fingerprint density at radius 1 is 1.29 bits per heavy atom. The molecule has 0 atom stereocenters. The summed E-state index contributed by atoms with van der Waals surface area (Å²) in [5.74, 6) is -0.349. The topological polar surface area (TPSA) is 46.2 Å². The summed E-state index contributed by atoms with van der Waals surface area (Å²) < 4.78 is 37.6. The lowest BCUT2D eigenvalue weighted by Gasteiger charge is -2.20. The summed E-state index contributed by atoms with van der Waals surface area (Å²) in [4.78, 5) is 0. The Bertz CT molecular complexity index is 424. The smallest absolute Gasteiger partial charge is 0.416 e. The summed E-state index contributed by atoms with van der Waals surface area (Å²) in [7, 11) is 0. The van der Waals surface area contributed by atoms with Crippen LogP contribution in [0, 0.1) is 0 Å². The van der Waals surface area contributed by atoms with Gasteiger partial charge in [0.05, 0.1) is 10.6 Å². The maximum absolute atomic E-state index is 12.5. The zero-order chi connectivity index (χ0) is 13.4. The molecule has 0 aliphatic carbocycles. The highest BCUT2D eigenvalue weighted by molar-refractivity contribution is 6.32. The molecule has 1 aromatic rings. The normalized spacial score (nSPS) is 12.9. The monoisotopic (exact) mass is 267 g/mol. The second kappa shape index (κ2) is 4.38. The van der Waals surface area contributed by atoms with Gasteiger partial charge in [0.15, 0.2) is 0 Å². The number of rotatable bonds is 2. The summed E-state index contributed by atoms with van der Waals surface area (Å²) in [6, 6.07) is 1.57. The molecule has 2 nitrogen and oxygen atoms in total. The molecule has 6 heteroatoms. The Morgan fingerprint density at radius 3 is 2.24 bits per heavy atom. The lowest BCUT2D eigenvalue weighted by atomic mass is 9.94. The van der Waals surface area contributed by atoms with Crippen LogP contribution in [0.3, 0.4) is 0 Å². The van der Waals surface area contributed by atoms with Crippen molar-refractivity contribution in [3.05, 3.63) is 28.3 Å². The minimum Gasteiger partial charge on any atom is -0.506 e. The van der Waals surface area contributed by atoms with E-state index >= 15 is 0 Å². The molecule has 96 valence electrons. The summed E-state index contributed by atoms with van der Waals surface area (Å²) in [6.07, 6.45) is -4.40. The first-order valence-corrected chi connectivity index (χ1v) is 5.26. The number of hydrogen-bond donors (Lipinski definition) is 2. The lowest BCUT2D eigenvalue weighted by Crippen LogP contribution is -2.34. The highest BCUT2D eigenvalue weighted by Crippen LogP contribution is 2.37. The fourth-order valence-electron chi connectivity index (χ4n) is 1.45. The number of benzene rings is 1. The average molecular weight is 268 g/mol. The molecule has 0 bridgehead atoms. The van der Waals surface area contributed by atoms with E-state index in [0.717, 1.165) is 6.07 Å². The van der Waals surface area contributed by atoms with E-state index in [4.69, 9.17) is 17.3 Å². The van der Waals surface area contributed by atoms with Gasteiger partial charge >= 0.3 is 6.18 Å². The molecule has 1 rings (SSSR count). The van der Waals surface area contributed by atoms with Crippen molar-refractivity contribution in [2.75, 3.05) is 0 Å². The molecule has 0 amide bonds. The molecule has 0 aromatic heterocycles. The van der Waals surface area contributed by atoms with Gasteiger partial charge in [0, 0.05) is 5.54 Å². The molecule has 17 heavy (non-hydrogen) atoms. The molecule has 0 saturated heterocycles. The van der Waals surface area contributed by atoms with E-state index in [-0.39, 0.29) is 22.8 Å². The molecular weight excluding hydrogens is 255 g/mol. The van der Waals surface area contributed by atoms with Gasteiger partial charge < -0.3 is 10.8 Å². The predicted molar refractivity (Wildman–Crippen MR) is 60.1 cm³/mol. The van der Waals surface area contributed by atoms with E-state index in [9.17, 15) is 18.3 Å². The first kappa shape index (κ1) is 14.1. The predicted octanol–water partition coefficient (Wildman–Crippen LogP) is 3.34. The number of halogens is 4. The molecule has 3 N–H and O–H groups in total. The van der Waals surface area contributed by atoms with Gasteiger partial charge in [-0.05, 0) is 38.0 Å². The minimum absolute atomic E-state index is 0.0947. The van der Waals surface area contributed by atoms with Gasteiger partial charge in [-0.3, -0.25) is 0 Å². The summed E-state index contributed by atoms with van der Waals surface area (Å²) in [6.45, 7) is 3.31. The fourth-order valence-corrected chi connectivity index (χ4v) is 1.68. The van der Waals surface area contributed by atoms with E-state index in [2.05, 4.69) is 0 Å². The summed E-state index contributed by atoms with van der Waals surface area (Å²) in [5.41, 5.74) is 4.18. The molecule has 0 spiro atoms. The number of alkyl halides is 3. The van der Waals surface area contributed by atoms with E-state index < -0.39 is 17.3 Å². The molecular formula is C11H13ClF3NO. The molecule has 0 unspecified atom stereocenters. The Labute approximate surface area is 102 Å². The van der Waals surface area contributed by atoms with Crippen LogP contribution in [-0.2, 0) is 12.6 Å². The Morgan fingerprint density at radius 2 is 1.82 bits per heavy atom. The highest BCUT2D eigenvalue weighted by Gasteiger charge is 2.32. The third-order valence-corrected chi connectivity index (χ3v) is 2.40.